The Bertz CT molecular complexity index is 418. The van der Waals surface area contributed by atoms with Gasteiger partial charge in [0.25, 0.3) is 0 Å². The van der Waals surface area contributed by atoms with Crippen molar-refractivity contribution in [1.82, 2.24) is 20.4 Å². The van der Waals surface area contributed by atoms with E-state index in [1.165, 1.54) is 6.42 Å². The third-order valence-corrected chi connectivity index (χ3v) is 5.04. The standard InChI is InChI=1S/C18H35N5O2/c1-3-25-15-5-8-20-18(19-2)21-9-10-22-11-13-23(14-12-22)17(24)16-6-4-7-16/h16H,3-15H2,1-2H3,(H2,19,20,21). The van der Waals surface area contributed by atoms with Gasteiger partial charge in [-0.2, -0.15) is 0 Å². The molecule has 2 fully saturated rings. The van der Waals surface area contributed by atoms with E-state index < -0.39 is 0 Å². The number of rotatable bonds is 9. The minimum atomic E-state index is 0.324. The zero-order valence-electron chi connectivity index (χ0n) is 15.9. The maximum atomic E-state index is 12.3. The van der Waals surface area contributed by atoms with Crippen LogP contribution in [-0.2, 0) is 9.53 Å². The van der Waals surface area contributed by atoms with Gasteiger partial charge in [0.2, 0.25) is 5.91 Å². The highest BCUT2D eigenvalue weighted by Crippen LogP contribution is 2.28. The fourth-order valence-electron chi connectivity index (χ4n) is 3.18. The summed E-state index contributed by atoms with van der Waals surface area (Å²) in [5, 5.41) is 6.65. The monoisotopic (exact) mass is 353 g/mol. The van der Waals surface area contributed by atoms with Gasteiger partial charge < -0.3 is 20.3 Å². The average Bonchev–Trinajstić information content (AvgIpc) is 2.59. The first kappa shape index (κ1) is 20.0. The third-order valence-electron chi connectivity index (χ3n) is 5.04. The summed E-state index contributed by atoms with van der Waals surface area (Å²) in [6.45, 7) is 9.96. The van der Waals surface area contributed by atoms with Gasteiger partial charge >= 0.3 is 0 Å². The van der Waals surface area contributed by atoms with E-state index >= 15 is 0 Å². The van der Waals surface area contributed by atoms with Crippen molar-refractivity contribution in [3.8, 4) is 0 Å². The molecule has 0 aromatic rings. The zero-order valence-corrected chi connectivity index (χ0v) is 15.9. The number of guanidine groups is 1. The summed E-state index contributed by atoms with van der Waals surface area (Å²) in [6.07, 6.45) is 4.40. The number of carbonyl (C=O) groups is 1. The van der Waals surface area contributed by atoms with Crippen LogP contribution >= 0.6 is 0 Å². The number of nitrogens with zero attached hydrogens (tertiary/aromatic N) is 3. The van der Waals surface area contributed by atoms with Gasteiger partial charge in [0.05, 0.1) is 0 Å². The van der Waals surface area contributed by atoms with E-state index in [0.29, 0.717) is 11.8 Å². The van der Waals surface area contributed by atoms with Gasteiger partial charge in [-0.1, -0.05) is 6.42 Å². The average molecular weight is 354 g/mol. The summed E-state index contributed by atoms with van der Waals surface area (Å²) in [4.78, 5) is 21.0. The molecule has 1 saturated carbocycles. The lowest BCUT2D eigenvalue weighted by Gasteiger charge is -2.38. The SMILES string of the molecule is CCOCCCNC(=NC)NCCN1CCN(C(=O)C2CCC2)CC1. The van der Waals surface area contributed by atoms with Crippen molar-refractivity contribution in [2.75, 3.05) is 66.1 Å². The largest absolute Gasteiger partial charge is 0.382 e. The molecule has 1 aliphatic heterocycles. The second-order valence-electron chi connectivity index (χ2n) is 6.77. The van der Waals surface area contributed by atoms with Crippen molar-refractivity contribution in [2.24, 2.45) is 10.9 Å². The topological polar surface area (TPSA) is 69.2 Å². The quantitative estimate of drug-likeness (QED) is 0.359. The van der Waals surface area contributed by atoms with Gasteiger partial charge in [0.1, 0.15) is 0 Å². The Kier molecular flexibility index (Phi) is 9.04. The highest BCUT2D eigenvalue weighted by atomic mass is 16.5. The van der Waals surface area contributed by atoms with Crippen LogP contribution in [0.3, 0.4) is 0 Å². The second kappa shape index (κ2) is 11.3. The van der Waals surface area contributed by atoms with Crippen molar-refractivity contribution in [2.45, 2.75) is 32.6 Å². The highest BCUT2D eigenvalue weighted by molar-refractivity contribution is 5.80. The molecule has 1 aliphatic carbocycles. The molecule has 0 unspecified atom stereocenters. The van der Waals surface area contributed by atoms with Crippen LogP contribution in [0.2, 0.25) is 0 Å². The van der Waals surface area contributed by atoms with Crippen LogP contribution in [0.25, 0.3) is 0 Å². The lowest BCUT2D eigenvalue weighted by Crippen LogP contribution is -2.52. The Morgan fingerprint density at radius 2 is 1.88 bits per heavy atom. The third kappa shape index (κ3) is 6.82. The van der Waals surface area contributed by atoms with E-state index in [1.54, 1.807) is 7.05 Å². The van der Waals surface area contributed by atoms with Crippen LogP contribution < -0.4 is 10.6 Å². The van der Waals surface area contributed by atoms with Gasteiger partial charge in [-0.05, 0) is 26.2 Å². The number of hydrogen-bond acceptors (Lipinski definition) is 4. The first-order valence-electron chi connectivity index (χ1n) is 9.78. The maximum Gasteiger partial charge on any atom is 0.225 e. The first-order valence-corrected chi connectivity index (χ1v) is 9.78. The van der Waals surface area contributed by atoms with Crippen molar-refractivity contribution in [3.63, 3.8) is 0 Å². The molecule has 0 aromatic carbocycles. The van der Waals surface area contributed by atoms with Crippen LogP contribution in [0.5, 0.6) is 0 Å². The van der Waals surface area contributed by atoms with Crippen LogP contribution in [0.1, 0.15) is 32.6 Å². The van der Waals surface area contributed by atoms with E-state index in [1.807, 2.05) is 6.92 Å². The number of aliphatic imine (C=N–C) groups is 1. The lowest BCUT2D eigenvalue weighted by molar-refractivity contribution is -0.139. The number of nitrogens with one attached hydrogen (secondary N) is 2. The zero-order chi connectivity index (χ0) is 17.9. The number of ether oxygens (including phenoxy) is 1. The van der Waals surface area contributed by atoms with Crippen LogP contribution in [0.4, 0.5) is 0 Å². The molecule has 0 radical (unpaired) electrons. The first-order chi connectivity index (χ1) is 12.2. The normalized spacial score (nSPS) is 19.6. The fourth-order valence-corrected chi connectivity index (χ4v) is 3.18. The molecule has 144 valence electrons. The predicted octanol–water partition coefficient (Wildman–Crippen LogP) is 0.522. The molecular weight excluding hydrogens is 318 g/mol. The molecule has 0 bridgehead atoms. The Balaban J connectivity index is 1.53. The van der Waals surface area contributed by atoms with Crippen LogP contribution in [-0.4, -0.2) is 87.7 Å². The highest BCUT2D eigenvalue weighted by Gasteiger charge is 2.30. The summed E-state index contributed by atoms with van der Waals surface area (Å²) < 4.78 is 5.33. The Hall–Kier alpha value is -1.34. The number of piperazine rings is 1. The van der Waals surface area contributed by atoms with E-state index in [-0.39, 0.29) is 0 Å². The van der Waals surface area contributed by atoms with Crippen LogP contribution in [0, 0.1) is 5.92 Å². The molecule has 1 heterocycles. The smallest absolute Gasteiger partial charge is 0.225 e. The molecule has 2 aliphatic rings. The second-order valence-corrected chi connectivity index (χ2v) is 6.77. The fraction of sp³-hybridized carbons (Fsp3) is 0.889. The summed E-state index contributed by atoms with van der Waals surface area (Å²) in [6, 6.07) is 0. The number of hydrogen-bond donors (Lipinski definition) is 2. The summed E-state index contributed by atoms with van der Waals surface area (Å²) >= 11 is 0. The van der Waals surface area contributed by atoms with Crippen molar-refractivity contribution in [3.05, 3.63) is 0 Å². The maximum absolute atomic E-state index is 12.3. The van der Waals surface area contributed by atoms with E-state index in [0.717, 1.165) is 84.2 Å². The summed E-state index contributed by atoms with van der Waals surface area (Å²) in [5.74, 6) is 1.56. The van der Waals surface area contributed by atoms with Gasteiger partial charge in [0, 0.05) is 72.0 Å². The molecular formula is C18H35N5O2. The van der Waals surface area contributed by atoms with Crippen LogP contribution in [0.15, 0.2) is 4.99 Å². The van der Waals surface area contributed by atoms with E-state index in [4.69, 9.17) is 4.74 Å². The van der Waals surface area contributed by atoms with E-state index in [9.17, 15) is 4.79 Å². The van der Waals surface area contributed by atoms with E-state index in [2.05, 4.69) is 25.4 Å². The van der Waals surface area contributed by atoms with Crippen molar-refractivity contribution >= 4 is 11.9 Å². The molecule has 2 rings (SSSR count). The number of carbonyl (C=O) groups excluding carboxylic acids is 1. The molecule has 0 aromatic heterocycles. The Morgan fingerprint density at radius 3 is 2.48 bits per heavy atom. The van der Waals surface area contributed by atoms with Gasteiger partial charge in [0.15, 0.2) is 5.96 Å². The lowest BCUT2D eigenvalue weighted by atomic mass is 9.84. The Labute approximate surface area is 152 Å². The number of amides is 1. The molecule has 7 heteroatoms. The minimum absolute atomic E-state index is 0.324. The minimum Gasteiger partial charge on any atom is -0.382 e. The summed E-state index contributed by atoms with van der Waals surface area (Å²) in [5.41, 5.74) is 0. The molecule has 0 spiro atoms. The molecule has 1 amide bonds. The molecule has 1 saturated heterocycles. The van der Waals surface area contributed by atoms with Crippen molar-refractivity contribution < 1.29 is 9.53 Å². The van der Waals surface area contributed by atoms with Gasteiger partial charge in [-0.25, -0.2) is 0 Å². The Morgan fingerprint density at radius 1 is 1.16 bits per heavy atom. The molecule has 25 heavy (non-hydrogen) atoms. The van der Waals surface area contributed by atoms with Crippen molar-refractivity contribution in [1.29, 1.82) is 0 Å². The molecule has 2 N–H and O–H groups in total. The molecule has 0 atom stereocenters. The predicted molar refractivity (Wildman–Crippen MR) is 101 cm³/mol. The van der Waals surface area contributed by atoms with Gasteiger partial charge in [-0.15, -0.1) is 0 Å². The summed E-state index contributed by atoms with van der Waals surface area (Å²) in [7, 11) is 1.79. The van der Waals surface area contributed by atoms with Gasteiger partial charge in [-0.3, -0.25) is 14.7 Å². The molecule has 7 nitrogen and oxygen atoms in total.